The quantitative estimate of drug-likeness (QED) is 0.742. The summed E-state index contributed by atoms with van der Waals surface area (Å²) in [5.41, 5.74) is 1.11. The van der Waals surface area contributed by atoms with Crippen molar-refractivity contribution in [3.8, 4) is 0 Å². The molecule has 3 nitrogen and oxygen atoms in total. The van der Waals surface area contributed by atoms with Crippen molar-refractivity contribution in [1.82, 2.24) is 0 Å². The van der Waals surface area contributed by atoms with E-state index in [1.54, 1.807) is 0 Å². The average Bonchev–Trinajstić information content (AvgIpc) is 2.78. The minimum atomic E-state index is -0.114. The zero-order chi connectivity index (χ0) is 11.5. The number of hydrogen-bond acceptors (Lipinski definition) is 3. The number of methoxy groups -OCH3 is 1. The molecule has 2 rings (SSSR count). The molecule has 1 aliphatic rings. The number of esters is 1. The fourth-order valence-electron chi connectivity index (χ4n) is 2.01. The minimum absolute atomic E-state index is 0.000628. The Bertz CT molecular complexity index is 377. The molecule has 4 heteroatoms. The fourth-order valence-corrected chi connectivity index (χ4v) is 2.13. The highest BCUT2D eigenvalue weighted by atomic mass is 35.5. The third-order valence-corrected chi connectivity index (χ3v) is 3.17. The van der Waals surface area contributed by atoms with Gasteiger partial charge in [-0.15, -0.1) is 0 Å². The lowest BCUT2D eigenvalue weighted by Crippen LogP contribution is -2.23. The first-order valence-corrected chi connectivity index (χ1v) is 5.67. The van der Waals surface area contributed by atoms with Gasteiger partial charge in [0.05, 0.1) is 13.0 Å². The van der Waals surface area contributed by atoms with Crippen LogP contribution in [-0.4, -0.2) is 26.2 Å². The molecule has 0 aromatic heterocycles. The van der Waals surface area contributed by atoms with E-state index in [0.717, 1.165) is 30.2 Å². The van der Waals surface area contributed by atoms with Gasteiger partial charge in [-0.3, -0.25) is 4.79 Å². The number of carbonyl (C=O) groups is 1. The number of ether oxygens (including phenoxy) is 1. The SMILES string of the molecule is COC(=O)[C@@H]1CCN(c2ccc(Cl)cc2)C1. The van der Waals surface area contributed by atoms with E-state index >= 15 is 0 Å². The summed E-state index contributed by atoms with van der Waals surface area (Å²) in [4.78, 5) is 13.6. The summed E-state index contributed by atoms with van der Waals surface area (Å²) in [6.07, 6.45) is 0.856. The van der Waals surface area contributed by atoms with E-state index < -0.39 is 0 Å². The number of nitrogens with zero attached hydrogens (tertiary/aromatic N) is 1. The van der Waals surface area contributed by atoms with Gasteiger partial charge in [0.15, 0.2) is 0 Å². The number of carbonyl (C=O) groups excluding carboxylic acids is 1. The second-order valence-electron chi connectivity index (χ2n) is 3.93. The smallest absolute Gasteiger partial charge is 0.310 e. The standard InChI is InChI=1S/C12H14ClNO2/c1-16-12(15)9-6-7-14(8-9)11-4-2-10(13)3-5-11/h2-5,9H,6-8H2,1H3/t9-/m1/s1. The highest BCUT2D eigenvalue weighted by molar-refractivity contribution is 6.30. The molecule has 16 heavy (non-hydrogen) atoms. The van der Waals surface area contributed by atoms with Gasteiger partial charge in [-0.05, 0) is 30.7 Å². The van der Waals surface area contributed by atoms with Crippen molar-refractivity contribution >= 4 is 23.3 Å². The van der Waals surface area contributed by atoms with Gasteiger partial charge in [-0.1, -0.05) is 11.6 Å². The lowest BCUT2D eigenvalue weighted by Gasteiger charge is -2.18. The van der Waals surface area contributed by atoms with Crippen LogP contribution in [0.25, 0.3) is 0 Å². The molecule has 1 aliphatic heterocycles. The van der Waals surface area contributed by atoms with Crippen molar-refractivity contribution in [2.45, 2.75) is 6.42 Å². The molecule has 0 N–H and O–H groups in total. The molecule has 1 atom stereocenters. The van der Waals surface area contributed by atoms with Gasteiger partial charge in [0, 0.05) is 23.8 Å². The number of benzene rings is 1. The Labute approximate surface area is 100.0 Å². The van der Waals surface area contributed by atoms with Crippen LogP contribution in [0.4, 0.5) is 5.69 Å². The van der Waals surface area contributed by atoms with Crippen molar-refractivity contribution < 1.29 is 9.53 Å². The molecule has 86 valence electrons. The van der Waals surface area contributed by atoms with Crippen LogP contribution < -0.4 is 4.90 Å². The average molecular weight is 240 g/mol. The number of rotatable bonds is 2. The number of halogens is 1. The molecule has 0 unspecified atom stereocenters. The molecule has 0 spiro atoms. The topological polar surface area (TPSA) is 29.5 Å². The molecule has 1 heterocycles. The van der Waals surface area contributed by atoms with Crippen LogP contribution in [0.5, 0.6) is 0 Å². The van der Waals surface area contributed by atoms with Crippen LogP contribution in [0.1, 0.15) is 6.42 Å². The van der Waals surface area contributed by atoms with Gasteiger partial charge in [0.1, 0.15) is 0 Å². The van der Waals surface area contributed by atoms with Crippen molar-refractivity contribution in [2.24, 2.45) is 5.92 Å². The molecule has 0 saturated carbocycles. The van der Waals surface area contributed by atoms with Crippen LogP contribution in [0, 0.1) is 5.92 Å². The van der Waals surface area contributed by atoms with E-state index in [9.17, 15) is 4.79 Å². The Hall–Kier alpha value is -1.22. The third kappa shape index (κ3) is 2.30. The Morgan fingerprint density at radius 2 is 2.12 bits per heavy atom. The maximum Gasteiger partial charge on any atom is 0.310 e. The summed E-state index contributed by atoms with van der Waals surface area (Å²) in [6.45, 7) is 1.62. The molecule has 0 aliphatic carbocycles. The lowest BCUT2D eigenvalue weighted by atomic mass is 10.1. The zero-order valence-electron chi connectivity index (χ0n) is 9.15. The van der Waals surface area contributed by atoms with Crippen LogP contribution in [0.3, 0.4) is 0 Å². The fraction of sp³-hybridized carbons (Fsp3) is 0.417. The van der Waals surface area contributed by atoms with Gasteiger partial charge >= 0.3 is 5.97 Å². The van der Waals surface area contributed by atoms with E-state index in [4.69, 9.17) is 16.3 Å². The van der Waals surface area contributed by atoms with Crippen molar-refractivity contribution in [3.63, 3.8) is 0 Å². The van der Waals surface area contributed by atoms with Crippen LogP contribution in [0.15, 0.2) is 24.3 Å². The molecule has 0 amide bonds. The predicted molar refractivity (Wildman–Crippen MR) is 63.8 cm³/mol. The van der Waals surface area contributed by atoms with Gasteiger partial charge in [0.2, 0.25) is 0 Å². The van der Waals surface area contributed by atoms with Gasteiger partial charge in [0.25, 0.3) is 0 Å². The highest BCUT2D eigenvalue weighted by Gasteiger charge is 2.28. The van der Waals surface area contributed by atoms with E-state index in [2.05, 4.69) is 4.90 Å². The summed E-state index contributed by atoms with van der Waals surface area (Å²) in [6, 6.07) is 7.68. The van der Waals surface area contributed by atoms with Gasteiger partial charge < -0.3 is 9.64 Å². The minimum Gasteiger partial charge on any atom is -0.469 e. The van der Waals surface area contributed by atoms with Crippen LogP contribution in [0.2, 0.25) is 5.02 Å². The second kappa shape index (κ2) is 4.74. The van der Waals surface area contributed by atoms with Gasteiger partial charge in [-0.25, -0.2) is 0 Å². The first-order valence-electron chi connectivity index (χ1n) is 5.29. The summed E-state index contributed by atoms with van der Waals surface area (Å²) < 4.78 is 4.75. The van der Waals surface area contributed by atoms with Crippen molar-refractivity contribution in [3.05, 3.63) is 29.3 Å². The first kappa shape index (κ1) is 11.3. The second-order valence-corrected chi connectivity index (χ2v) is 4.37. The Morgan fingerprint density at radius 1 is 1.44 bits per heavy atom. The number of hydrogen-bond donors (Lipinski definition) is 0. The van der Waals surface area contributed by atoms with Crippen LogP contribution >= 0.6 is 11.6 Å². The lowest BCUT2D eigenvalue weighted by molar-refractivity contribution is -0.144. The highest BCUT2D eigenvalue weighted by Crippen LogP contribution is 2.25. The predicted octanol–water partition coefficient (Wildman–Crippen LogP) is 2.34. The molecule has 1 aromatic carbocycles. The monoisotopic (exact) mass is 239 g/mol. The zero-order valence-corrected chi connectivity index (χ0v) is 9.91. The molecule has 0 bridgehead atoms. The molecule has 0 radical (unpaired) electrons. The van der Waals surface area contributed by atoms with E-state index in [-0.39, 0.29) is 11.9 Å². The van der Waals surface area contributed by atoms with E-state index in [1.165, 1.54) is 7.11 Å². The van der Waals surface area contributed by atoms with Crippen molar-refractivity contribution in [1.29, 1.82) is 0 Å². The Morgan fingerprint density at radius 3 is 2.75 bits per heavy atom. The molecule has 1 fully saturated rings. The third-order valence-electron chi connectivity index (χ3n) is 2.91. The normalized spacial score (nSPS) is 19.9. The molecular formula is C12H14ClNO2. The van der Waals surface area contributed by atoms with E-state index in [1.807, 2.05) is 24.3 Å². The summed E-state index contributed by atoms with van der Waals surface area (Å²) >= 11 is 5.83. The maximum atomic E-state index is 11.4. The Kier molecular flexibility index (Phi) is 3.34. The van der Waals surface area contributed by atoms with Crippen LogP contribution in [-0.2, 0) is 9.53 Å². The maximum absolute atomic E-state index is 11.4. The molecular weight excluding hydrogens is 226 g/mol. The summed E-state index contributed by atoms with van der Waals surface area (Å²) in [5.74, 6) is -0.114. The summed E-state index contributed by atoms with van der Waals surface area (Å²) in [7, 11) is 1.44. The van der Waals surface area contributed by atoms with E-state index in [0.29, 0.717) is 0 Å². The Balaban J connectivity index is 2.03. The number of anilines is 1. The van der Waals surface area contributed by atoms with Gasteiger partial charge in [-0.2, -0.15) is 0 Å². The summed E-state index contributed by atoms with van der Waals surface area (Å²) in [5, 5.41) is 0.729. The molecule has 1 saturated heterocycles. The van der Waals surface area contributed by atoms with Crippen molar-refractivity contribution in [2.75, 3.05) is 25.1 Å². The largest absolute Gasteiger partial charge is 0.469 e. The molecule has 1 aromatic rings. The first-order chi connectivity index (χ1) is 7.70.